The van der Waals surface area contributed by atoms with E-state index in [9.17, 15) is 4.79 Å². The van der Waals surface area contributed by atoms with E-state index < -0.39 is 0 Å². The number of carbonyl (C=O) groups is 1. The molecule has 0 N–H and O–H groups in total. The normalized spacial score (nSPS) is 19.5. The first-order valence-corrected chi connectivity index (χ1v) is 12.3. The molecule has 0 bridgehead atoms. The van der Waals surface area contributed by atoms with Gasteiger partial charge in [0.1, 0.15) is 0 Å². The van der Waals surface area contributed by atoms with Gasteiger partial charge < -0.3 is 14.5 Å². The summed E-state index contributed by atoms with van der Waals surface area (Å²) in [5, 5.41) is 3.17. The predicted molar refractivity (Wildman–Crippen MR) is 133 cm³/mol. The van der Waals surface area contributed by atoms with Crippen LogP contribution in [0, 0.1) is 5.92 Å². The lowest BCUT2D eigenvalue weighted by atomic mass is 9.91. The smallest absolute Gasteiger partial charge is 0.253 e. The zero-order valence-corrected chi connectivity index (χ0v) is 19.6. The summed E-state index contributed by atoms with van der Waals surface area (Å²) in [6, 6.07) is 14.1. The zero-order valence-electron chi connectivity index (χ0n) is 18.9. The minimum absolute atomic E-state index is 0.105. The average Bonchev–Trinajstić information content (AvgIpc) is 3.10. The van der Waals surface area contributed by atoms with Gasteiger partial charge in [-0.2, -0.15) is 0 Å². The predicted octanol–water partition coefficient (Wildman–Crippen LogP) is 5.21. The Morgan fingerprint density at radius 1 is 1.03 bits per heavy atom. The van der Waals surface area contributed by atoms with Crippen LogP contribution in [0.3, 0.4) is 0 Å². The van der Waals surface area contributed by atoms with Crippen LogP contribution in [0.4, 0.5) is 5.69 Å². The van der Waals surface area contributed by atoms with E-state index in [1.165, 1.54) is 16.3 Å². The molecule has 1 aromatic heterocycles. The maximum atomic E-state index is 13.4. The molecule has 2 fully saturated rings. The summed E-state index contributed by atoms with van der Waals surface area (Å²) in [5.41, 5.74) is 2.96. The molecular weight excluding hydrogens is 434 g/mol. The molecule has 3 aromatic rings. The minimum Gasteiger partial charge on any atom is -0.378 e. The van der Waals surface area contributed by atoms with Crippen LogP contribution in [0.25, 0.3) is 10.8 Å². The number of ether oxygens (including phenoxy) is 1. The van der Waals surface area contributed by atoms with E-state index >= 15 is 0 Å². The van der Waals surface area contributed by atoms with Gasteiger partial charge in [-0.15, -0.1) is 0 Å². The molecule has 0 aliphatic carbocycles. The van der Waals surface area contributed by atoms with Gasteiger partial charge in [0, 0.05) is 49.5 Å². The van der Waals surface area contributed by atoms with Crippen molar-refractivity contribution in [3.8, 4) is 0 Å². The van der Waals surface area contributed by atoms with Crippen LogP contribution in [0.1, 0.15) is 35.2 Å². The molecule has 33 heavy (non-hydrogen) atoms. The van der Waals surface area contributed by atoms with E-state index in [4.69, 9.17) is 16.3 Å². The van der Waals surface area contributed by atoms with Crippen molar-refractivity contribution in [1.82, 2.24) is 9.88 Å². The lowest BCUT2D eigenvalue weighted by Crippen LogP contribution is -2.37. The Balaban J connectivity index is 1.26. The van der Waals surface area contributed by atoms with E-state index in [0.29, 0.717) is 24.2 Å². The number of pyridine rings is 1. The second kappa shape index (κ2) is 10.1. The lowest BCUT2D eigenvalue weighted by molar-refractivity contribution is 0.0760. The van der Waals surface area contributed by atoms with Gasteiger partial charge in [0.15, 0.2) is 0 Å². The highest BCUT2D eigenvalue weighted by Gasteiger charge is 2.24. The molecule has 2 aliphatic rings. The molecule has 5 rings (SSSR count). The first-order chi connectivity index (χ1) is 16.2. The number of hydrogen-bond acceptors (Lipinski definition) is 4. The van der Waals surface area contributed by atoms with Crippen molar-refractivity contribution in [2.75, 3.05) is 44.3 Å². The van der Waals surface area contributed by atoms with Gasteiger partial charge in [-0.1, -0.05) is 35.9 Å². The highest BCUT2D eigenvalue weighted by Crippen LogP contribution is 2.30. The molecule has 0 spiro atoms. The zero-order chi connectivity index (χ0) is 22.6. The molecule has 1 atom stereocenters. The fraction of sp³-hybridized carbons (Fsp3) is 0.407. The van der Waals surface area contributed by atoms with Gasteiger partial charge in [0.05, 0.1) is 23.9 Å². The highest BCUT2D eigenvalue weighted by atomic mass is 35.5. The summed E-state index contributed by atoms with van der Waals surface area (Å²) >= 11 is 6.47. The van der Waals surface area contributed by atoms with Crippen LogP contribution >= 0.6 is 11.6 Å². The summed E-state index contributed by atoms with van der Waals surface area (Å²) in [7, 11) is 0. The maximum Gasteiger partial charge on any atom is 0.253 e. The van der Waals surface area contributed by atoms with Gasteiger partial charge in [-0.25, -0.2) is 0 Å². The summed E-state index contributed by atoms with van der Waals surface area (Å²) in [6.07, 6.45) is 8.13. The fourth-order valence-corrected chi connectivity index (χ4v) is 5.34. The first kappa shape index (κ1) is 22.2. The molecule has 172 valence electrons. The van der Waals surface area contributed by atoms with Crippen LogP contribution in [0.15, 0.2) is 54.9 Å². The van der Waals surface area contributed by atoms with Crippen LogP contribution in [0.2, 0.25) is 5.02 Å². The Kier molecular flexibility index (Phi) is 6.79. The van der Waals surface area contributed by atoms with Crippen molar-refractivity contribution < 1.29 is 9.53 Å². The monoisotopic (exact) mass is 463 g/mol. The van der Waals surface area contributed by atoms with E-state index in [-0.39, 0.29) is 5.91 Å². The van der Waals surface area contributed by atoms with Crippen molar-refractivity contribution in [2.24, 2.45) is 5.92 Å². The number of hydrogen-bond donors (Lipinski definition) is 0. The molecule has 6 heteroatoms. The Hall–Kier alpha value is -2.63. The SMILES string of the molecule is O=C(c1ccc(Cl)c(N2CCOCC2)c1)N1CCC[C@@H](Cc2cncc3ccccc23)CC1. The summed E-state index contributed by atoms with van der Waals surface area (Å²) < 4.78 is 5.46. The Bertz CT molecular complexity index is 1120. The Labute approximate surface area is 200 Å². The first-order valence-electron chi connectivity index (χ1n) is 11.9. The second-order valence-corrected chi connectivity index (χ2v) is 9.49. The third-order valence-corrected chi connectivity index (χ3v) is 7.26. The minimum atomic E-state index is 0.105. The number of benzene rings is 2. The third kappa shape index (κ3) is 4.99. The van der Waals surface area contributed by atoms with E-state index in [1.807, 2.05) is 35.5 Å². The topological polar surface area (TPSA) is 45.7 Å². The van der Waals surface area contributed by atoms with Crippen LogP contribution < -0.4 is 4.90 Å². The molecule has 1 amide bonds. The molecule has 3 heterocycles. The molecule has 0 radical (unpaired) electrons. The molecule has 2 aliphatic heterocycles. The number of halogens is 1. The van der Waals surface area contributed by atoms with E-state index in [2.05, 4.69) is 34.1 Å². The number of morpholine rings is 1. The largest absolute Gasteiger partial charge is 0.378 e. The molecule has 2 aromatic carbocycles. The number of anilines is 1. The van der Waals surface area contributed by atoms with E-state index in [1.54, 1.807) is 0 Å². The maximum absolute atomic E-state index is 13.4. The van der Waals surface area contributed by atoms with Gasteiger partial charge in [0.2, 0.25) is 0 Å². The molecule has 5 nitrogen and oxygen atoms in total. The number of nitrogens with zero attached hydrogens (tertiary/aromatic N) is 3. The number of fused-ring (bicyclic) bond motifs is 1. The van der Waals surface area contributed by atoms with Gasteiger partial charge >= 0.3 is 0 Å². The third-order valence-electron chi connectivity index (χ3n) is 6.94. The van der Waals surface area contributed by atoms with Crippen LogP contribution in [-0.2, 0) is 11.2 Å². The van der Waals surface area contributed by atoms with Gasteiger partial charge in [0.25, 0.3) is 5.91 Å². The van der Waals surface area contributed by atoms with Crippen LogP contribution in [0.5, 0.6) is 0 Å². The van der Waals surface area contributed by atoms with Crippen molar-refractivity contribution >= 4 is 34.0 Å². The highest BCUT2D eigenvalue weighted by molar-refractivity contribution is 6.33. The Morgan fingerprint density at radius 3 is 2.76 bits per heavy atom. The van der Waals surface area contributed by atoms with Crippen molar-refractivity contribution in [2.45, 2.75) is 25.7 Å². The van der Waals surface area contributed by atoms with Crippen LogP contribution in [-0.4, -0.2) is 55.2 Å². The molecular formula is C27H30ClN3O2. The average molecular weight is 464 g/mol. The van der Waals surface area contributed by atoms with Gasteiger partial charge in [-0.3, -0.25) is 9.78 Å². The lowest BCUT2D eigenvalue weighted by Gasteiger charge is -2.30. The molecule has 0 saturated carbocycles. The molecule has 0 unspecified atom stereocenters. The summed E-state index contributed by atoms with van der Waals surface area (Å²) in [6.45, 7) is 4.57. The second-order valence-electron chi connectivity index (χ2n) is 9.08. The van der Waals surface area contributed by atoms with Crippen molar-refractivity contribution in [3.63, 3.8) is 0 Å². The standard InChI is InChI=1S/C27H30ClN3O2/c28-25-8-7-21(17-26(25)30-12-14-33-15-13-30)27(32)31-10-3-4-20(9-11-31)16-23-19-29-18-22-5-1-2-6-24(22)23/h1-2,5-8,17-20H,3-4,9-16H2/t20-/m1/s1. The van der Waals surface area contributed by atoms with Crippen molar-refractivity contribution in [1.29, 1.82) is 0 Å². The fourth-order valence-electron chi connectivity index (χ4n) is 5.10. The molecule has 2 saturated heterocycles. The summed E-state index contributed by atoms with van der Waals surface area (Å²) in [4.78, 5) is 22.0. The number of likely N-dealkylation sites (tertiary alicyclic amines) is 1. The number of rotatable bonds is 4. The van der Waals surface area contributed by atoms with Gasteiger partial charge in [-0.05, 0) is 60.7 Å². The summed E-state index contributed by atoms with van der Waals surface area (Å²) in [5.74, 6) is 0.665. The van der Waals surface area contributed by atoms with E-state index in [0.717, 1.165) is 63.1 Å². The number of aromatic nitrogens is 1. The number of amides is 1. The quantitative estimate of drug-likeness (QED) is 0.532. The number of carbonyl (C=O) groups excluding carboxylic acids is 1. The Morgan fingerprint density at radius 2 is 1.88 bits per heavy atom. The van der Waals surface area contributed by atoms with Crippen molar-refractivity contribution in [3.05, 3.63) is 71.0 Å².